The lowest BCUT2D eigenvalue weighted by Crippen LogP contribution is -2.50. The fraction of sp³-hybridized carbons (Fsp3) is 0.550. The Balaban J connectivity index is 1.47. The highest BCUT2D eigenvalue weighted by molar-refractivity contribution is 5.81. The van der Waals surface area contributed by atoms with Gasteiger partial charge in [-0.1, -0.05) is 30.5 Å². The fourth-order valence-electron chi connectivity index (χ4n) is 3.83. The standard InChI is InChI=1S/C20H27N3O/c1-2-12-22-13-7-6-10-19(22)20(24)21-15-17-11-14-23(16-17)18-8-4-3-5-9-18/h1,3-5,8-9,17,19H,6-7,10-16H2,(H,21,24)/t17-,19+/m0/s1. The van der Waals surface area contributed by atoms with E-state index in [4.69, 9.17) is 6.42 Å². The summed E-state index contributed by atoms with van der Waals surface area (Å²) in [6.07, 6.45) is 9.75. The van der Waals surface area contributed by atoms with Crippen LogP contribution in [0.1, 0.15) is 25.7 Å². The van der Waals surface area contributed by atoms with Crippen LogP contribution >= 0.6 is 0 Å². The Morgan fingerprint density at radius 3 is 2.83 bits per heavy atom. The third kappa shape index (κ3) is 4.10. The molecule has 128 valence electrons. The van der Waals surface area contributed by atoms with Gasteiger partial charge in [0.25, 0.3) is 0 Å². The number of carbonyl (C=O) groups excluding carboxylic acids is 1. The molecule has 24 heavy (non-hydrogen) atoms. The summed E-state index contributed by atoms with van der Waals surface area (Å²) >= 11 is 0. The van der Waals surface area contributed by atoms with Gasteiger partial charge in [0.15, 0.2) is 0 Å². The van der Waals surface area contributed by atoms with Crippen molar-refractivity contribution in [1.82, 2.24) is 10.2 Å². The van der Waals surface area contributed by atoms with Gasteiger partial charge < -0.3 is 10.2 Å². The van der Waals surface area contributed by atoms with Gasteiger partial charge in [-0.15, -0.1) is 6.42 Å². The topological polar surface area (TPSA) is 35.6 Å². The molecule has 2 atom stereocenters. The predicted molar refractivity (Wildman–Crippen MR) is 97.8 cm³/mol. The van der Waals surface area contributed by atoms with Gasteiger partial charge in [-0.25, -0.2) is 0 Å². The van der Waals surface area contributed by atoms with Crippen molar-refractivity contribution in [3.05, 3.63) is 30.3 Å². The first-order chi connectivity index (χ1) is 11.8. The van der Waals surface area contributed by atoms with E-state index < -0.39 is 0 Å². The molecule has 1 aromatic carbocycles. The van der Waals surface area contributed by atoms with Crippen LogP contribution < -0.4 is 10.2 Å². The van der Waals surface area contributed by atoms with Crippen molar-refractivity contribution in [2.45, 2.75) is 31.7 Å². The molecule has 3 rings (SSSR count). The Kier molecular flexibility index (Phi) is 5.77. The number of rotatable bonds is 5. The zero-order valence-corrected chi connectivity index (χ0v) is 14.3. The molecule has 0 saturated carbocycles. The van der Waals surface area contributed by atoms with Crippen LogP contribution in [0.4, 0.5) is 5.69 Å². The molecule has 2 aliphatic heterocycles. The van der Waals surface area contributed by atoms with E-state index >= 15 is 0 Å². The molecule has 4 nitrogen and oxygen atoms in total. The SMILES string of the molecule is C#CCN1CCCC[C@@H]1C(=O)NC[C@@H]1CCN(c2ccccc2)C1. The molecular weight excluding hydrogens is 298 g/mol. The predicted octanol–water partition coefficient (Wildman–Crippen LogP) is 2.12. The smallest absolute Gasteiger partial charge is 0.237 e. The number of para-hydroxylation sites is 1. The van der Waals surface area contributed by atoms with Crippen molar-refractivity contribution < 1.29 is 4.79 Å². The summed E-state index contributed by atoms with van der Waals surface area (Å²) in [5, 5.41) is 3.18. The number of nitrogens with zero attached hydrogens (tertiary/aromatic N) is 2. The molecule has 0 aromatic heterocycles. The van der Waals surface area contributed by atoms with E-state index in [-0.39, 0.29) is 11.9 Å². The van der Waals surface area contributed by atoms with Crippen LogP contribution in [0.25, 0.3) is 0 Å². The molecule has 1 amide bonds. The summed E-state index contributed by atoms with van der Waals surface area (Å²) in [6, 6.07) is 10.5. The molecule has 4 heteroatoms. The Morgan fingerprint density at radius 1 is 1.21 bits per heavy atom. The van der Waals surface area contributed by atoms with Crippen LogP contribution in [0.15, 0.2) is 30.3 Å². The first-order valence-corrected chi connectivity index (χ1v) is 9.03. The molecule has 1 N–H and O–H groups in total. The molecule has 0 unspecified atom stereocenters. The third-order valence-electron chi connectivity index (χ3n) is 5.18. The van der Waals surface area contributed by atoms with Crippen molar-refractivity contribution in [3.63, 3.8) is 0 Å². The van der Waals surface area contributed by atoms with Crippen LogP contribution in [-0.2, 0) is 4.79 Å². The van der Waals surface area contributed by atoms with E-state index in [0.29, 0.717) is 12.5 Å². The minimum absolute atomic E-state index is 0.0403. The number of piperidine rings is 1. The lowest BCUT2D eigenvalue weighted by Gasteiger charge is -2.33. The van der Waals surface area contributed by atoms with Gasteiger partial charge >= 0.3 is 0 Å². The average Bonchev–Trinajstić information content (AvgIpc) is 3.10. The van der Waals surface area contributed by atoms with Crippen molar-refractivity contribution in [1.29, 1.82) is 0 Å². The highest BCUT2D eigenvalue weighted by Gasteiger charge is 2.29. The van der Waals surface area contributed by atoms with E-state index in [9.17, 15) is 4.79 Å². The second-order valence-corrected chi connectivity index (χ2v) is 6.87. The molecule has 0 radical (unpaired) electrons. The van der Waals surface area contributed by atoms with E-state index in [2.05, 4.69) is 45.3 Å². The first-order valence-electron chi connectivity index (χ1n) is 9.03. The molecule has 0 bridgehead atoms. The van der Waals surface area contributed by atoms with Crippen LogP contribution in [-0.4, -0.2) is 49.6 Å². The number of terminal acetylenes is 1. The molecule has 2 saturated heterocycles. The second-order valence-electron chi connectivity index (χ2n) is 6.87. The van der Waals surface area contributed by atoms with E-state index in [1.165, 1.54) is 5.69 Å². The number of nitrogens with one attached hydrogen (secondary N) is 1. The molecule has 2 heterocycles. The number of likely N-dealkylation sites (tertiary alicyclic amines) is 1. The van der Waals surface area contributed by atoms with Crippen molar-refractivity contribution in [2.24, 2.45) is 5.92 Å². The molecule has 0 spiro atoms. The van der Waals surface area contributed by atoms with E-state index in [1.807, 2.05) is 6.07 Å². The van der Waals surface area contributed by atoms with Crippen LogP contribution in [0.5, 0.6) is 0 Å². The van der Waals surface area contributed by atoms with Gasteiger partial charge in [-0.05, 0) is 43.9 Å². The zero-order chi connectivity index (χ0) is 16.8. The summed E-state index contributed by atoms with van der Waals surface area (Å²) in [7, 11) is 0. The van der Waals surface area contributed by atoms with Crippen LogP contribution in [0, 0.1) is 18.3 Å². The summed E-state index contributed by atoms with van der Waals surface area (Å²) in [5.41, 5.74) is 1.28. The molecular formula is C20H27N3O. The fourth-order valence-corrected chi connectivity index (χ4v) is 3.83. The lowest BCUT2D eigenvalue weighted by molar-refractivity contribution is -0.127. The lowest BCUT2D eigenvalue weighted by atomic mass is 10.0. The number of amides is 1. The Hall–Kier alpha value is -1.99. The number of hydrogen-bond acceptors (Lipinski definition) is 3. The van der Waals surface area contributed by atoms with E-state index in [1.54, 1.807) is 0 Å². The minimum atomic E-state index is -0.0403. The average molecular weight is 325 g/mol. The zero-order valence-electron chi connectivity index (χ0n) is 14.3. The summed E-state index contributed by atoms with van der Waals surface area (Å²) in [6.45, 7) is 4.36. The van der Waals surface area contributed by atoms with Crippen LogP contribution in [0.2, 0.25) is 0 Å². The molecule has 0 aliphatic carbocycles. The van der Waals surface area contributed by atoms with Crippen LogP contribution in [0.3, 0.4) is 0 Å². The highest BCUT2D eigenvalue weighted by atomic mass is 16.2. The van der Waals surface area contributed by atoms with Gasteiger partial charge in [0.05, 0.1) is 12.6 Å². The quantitative estimate of drug-likeness (QED) is 0.842. The third-order valence-corrected chi connectivity index (χ3v) is 5.18. The van der Waals surface area contributed by atoms with Crippen molar-refractivity contribution in [2.75, 3.05) is 37.6 Å². The first kappa shape index (κ1) is 16.9. The van der Waals surface area contributed by atoms with Gasteiger partial charge in [-0.3, -0.25) is 9.69 Å². The number of anilines is 1. The monoisotopic (exact) mass is 325 g/mol. The Labute approximate surface area is 145 Å². The normalized spacial score (nSPS) is 24.5. The number of carbonyl (C=O) groups is 1. The van der Waals surface area contributed by atoms with Crippen molar-refractivity contribution >= 4 is 11.6 Å². The molecule has 2 fully saturated rings. The maximum atomic E-state index is 12.6. The highest BCUT2D eigenvalue weighted by Crippen LogP contribution is 2.23. The molecule has 1 aromatic rings. The van der Waals surface area contributed by atoms with Gasteiger partial charge in [0.1, 0.15) is 0 Å². The Bertz CT molecular complexity index is 580. The van der Waals surface area contributed by atoms with Crippen molar-refractivity contribution in [3.8, 4) is 12.3 Å². The summed E-state index contributed by atoms with van der Waals surface area (Å²) in [5.74, 6) is 3.37. The number of benzene rings is 1. The summed E-state index contributed by atoms with van der Waals surface area (Å²) in [4.78, 5) is 17.1. The second kappa shape index (κ2) is 8.21. The van der Waals surface area contributed by atoms with E-state index in [0.717, 1.165) is 51.9 Å². The van der Waals surface area contributed by atoms with Gasteiger partial charge in [-0.2, -0.15) is 0 Å². The summed E-state index contributed by atoms with van der Waals surface area (Å²) < 4.78 is 0. The van der Waals surface area contributed by atoms with Gasteiger partial charge in [0.2, 0.25) is 5.91 Å². The van der Waals surface area contributed by atoms with Gasteiger partial charge in [0, 0.05) is 25.3 Å². The maximum Gasteiger partial charge on any atom is 0.237 e. The minimum Gasteiger partial charge on any atom is -0.371 e. The molecule has 2 aliphatic rings. The largest absolute Gasteiger partial charge is 0.371 e. The maximum absolute atomic E-state index is 12.6. The Morgan fingerprint density at radius 2 is 2.04 bits per heavy atom. The number of hydrogen-bond donors (Lipinski definition) is 1.